The molecule has 1 fully saturated rings. The Labute approximate surface area is 252 Å². The lowest BCUT2D eigenvalue weighted by molar-refractivity contribution is -0.142. The molecule has 1 aliphatic heterocycles. The number of benzene rings is 2. The number of rotatable bonds is 6. The van der Waals surface area contributed by atoms with Crippen molar-refractivity contribution < 1.29 is 19.4 Å². The van der Waals surface area contributed by atoms with Gasteiger partial charge in [0.25, 0.3) is 0 Å². The van der Waals surface area contributed by atoms with Gasteiger partial charge in [0.2, 0.25) is 0 Å². The van der Waals surface area contributed by atoms with Crippen molar-refractivity contribution in [2.24, 2.45) is 5.92 Å². The van der Waals surface area contributed by atoms with Gasteiger partial charge in [0.15, 0.2) is 0 Å². The molecule has 1 N–H and O–H groups in total. The average molecular weight is 579 g/mol. The fourth-order valence-corrected chi connectivity index (χ4v) is 5.61. The molecule has 8 heteroatoms. The summed E-state index contributed by atoms with van der Waals surface area (Å²) in [6.07, 6.45) is 5.54. The zero-order valence-electron chi connectivity index (χ0n) is 25.4. The van der Waals surface area contributed by atoms with E-state index in [0.29, 0.717) is 30.1 Å². The van der Waals surface area contributed by atoms with E-state index < -0.39 is 17.0 Å². The highest BCUT2D eigenvalue weighted by atomic mass is 16.6. The second kappa shape index (κ2) is 11.6. The number of carbonyl (C=O) groups excluding carboxylic acids is 1. The van der Waals surface area contributed by atoms with Crippen LogP contribution in [0.2, 0.25) is 0 Å². The maximum absolute atomic E-state index is 12.5. The van der Waals surface area contributed by atoms with Crippen molar-refractivity contribution in [1.82, 2.24) is 14.5 Å². The first-order valence-corrected chi connectivity index (χ1v) is 14.7. The number of hydrogen-bond acceptors (Lipinski definition) is 5. The average Bonchev–Trinajstić information content (AvgIpc) is 3.38. The number of carbonyl (C=O) groups is 2. The molecular formula is C35H38N4O4. The number of piperidine rings is 1. The van der Waals surface area contributed by atoms with E-state index in [1.165, 1.54) is 0 Å². The third kappa shape index (κ3) is 6.26. The topological polar surface area (TPSA) is 108 Å². The third-order valence-electron chi connectivity index (χ3n) is 8.27. The van der Waals surface area contributed by atoms with E-state index in [1.807, 2.05) is 75.5 Å². The molecule has 0 unspecified atom stereocenters. The number of fused-ring (bicyclic) bond motifs is 1. The first-order chi connectivity index (χ1) is 20.4. The number of ether oxygens (including phenoxy) is 1. The fourth-order valence-electron chi connectivity index (χ4n) is 5.61. The molecule has 0 radical (unpaired) electrons. The number of nitriles is 1. The zero-order valence-corrected chi connectivity index (χ0v) is 25.4. The molecular weight excluding hydrogens is 540 g/mol. The van der Waals surface area contributed by atoms with Gasteiger partial charge in [-0.15, -0.1) is 0 Å². The van der Waals surface area contributed by atoms with E-state index in [1.54, 1.807) is 18.7 Å². The van der Waals surface area contributed by atoms with Crippen molar-refractivity contribution in [3.63, 3.8) is 0 Å². The molecule has 2 aromatic carbocycles. The zero-order chi connectivity index (χ0) is 30.9. The lowest BCUT2D eigenvalue weighted by Gasteiger charge is -2.33. The smallest absolute Gasteiger partial charge is 0.410 e. The van der Waals surface area contributed by atoms with E-state index in [9.17, 15) is 20.0 Å². The Bertz CT molecular complexity index is 1680. The number of hydrogen-bond donors (Lipinski definition) is 1. The maximum atomic E-state index is 12.5. The molecule has 1 saturated heterocycles. The van der Waals surface area contributed by atoms with E-state index in [2.05, 4.69) is 22.9 Å². The quantitative estimate of drug-likeness (QED) is 0.258. The summed E-state index contributed by atoms with van der Waals surface area (Å²) in [5.74, 6) is -0.465. The van der Waals surface area contributed by atoms with Gasteiger partial charge in [-0.05, 0) is 82.7 Å². The molecule has 222 valence electrons. The van der Waals surface area contributed by atoms with Crippen LogP contribution in [0.3, 0.4) is 0 Å². The van der Waals surface area contributed by atoms with Crippen molar-refractivity contribution >= 4 is 23.0 Å². The minimum absolute atomic E-state index is 0.249. The van der Waals surface area contributed by atoms with Crippen LogP contribution < -0.4 is 0 Å². The Kier molecular flexibility index (Phi) is 8.02. The molecule has 43 heavy (non-hydrogen) atoms. The SMILES string of the molecule is CC(C)(C)OC(=O)N1CCC(Cn2ccc3c(-c4ccc(C#N)cc4)c(-c4ccc(C(C)(C)C(=O)O)cc4)ncc32)CC1. The second-order valence-electron chi connectivity index (χ2n) is 12.9. The standard InChI is InChI=1S/C35H38N4O4/c1-34(2,3)43-33(42)38-17-14-24(15-18-38)22-39-19-16-28-29(39)21-37-31(30(28)25-8-6-23(20-36)7-9-25)26-10-12-27(13-11-26)35(4,5)32(40)41/h6-13,16,19,21,24H,14-15,17-18,22H2,1-5H3,(H,40,41). The minimum Gasteiger partial charge on any atom is -0.481 e. The number of carboxylic acids is 1. The van der Waals surface area contributed by atoms with Crippen molar-refractivity contribution in [2.45, 2.75) is 65.0 Å². The van der Waals surface area contributed by atoms with Gasteiger partial charge in [-0.25, -0.2) is 4.79 Å². The molecule has 1 aliphatic rings. The van der Waals surface area contributed by atoms with Gasteiger partial charge in [-0.2, -0.15) is 5.26 Å². The van der Waals surface area contributed by atoms with E-state index in [-0.39, 0.29) is 6.09 Å². The normalized spacial score (nSPS) is 14.5. The Hall–Kier alpha value is -4.64. The van der Waals surface area contributed by atoms with Gasteiger partial charge in [-0.1, -0.05) is 36.4 Å². The van der Waals surface area contributed by atoms with Crippen LogP contribution in [-0.2, 0) is 21.5 Å². The van der Waals surface area contributed by atoms with E-state index in [4.69, 9.17) is 9.72 Å². The largest absolute Gasteiger partial charge is 0.481 e. The van der Waals surface area contributed by atoms with Gasteiger partial charge >= 0.3 is 12.1 Å². The molecule has 8 nitrogen and oxygen atoms in total. The Balaban J connectivity index is 1.46. The van der Waals surface area contributed by atoms with Crippen LogP contribution in [-0.4, -0.2) is 50.3 Å². The summed E-state index contributed by atoms with van der Waals surface area (Å²) in [7, 11) is 0. The highest BCUT2D eigenvalue weighted by Crippen LogP contribution is 2.38. The lowest BCUT2D eigenvalue weighted by Crippen LogP contribution is -2.42. The summed E-state index contributed by atoms with van der Waals surface area (Å²) >= 11 is 0. The summed E-state index contributed by atoms with van der Waals surface area (Å²) < 4.78 is 7.80. The number of aromatic nitrogens is 2. The van der Waals surface area contributed by atoms with Crippen LogP contribution >= 0.6 is 0 Å². The summed E-state index contributed by atoms with van der Waals surface area (Å²) in [6.45, 7) is 11.2. The minimum atomic E-state index is -1.01. The molecule has 0 saturated carbocycles. The highest BCUT2D eigenvalue weighted by molar-refractivity contribution is 6.01. The van der Waals surface area contributed by atoms with Crippen molar-refractivity contribution in [2.75, 3.05) is 13.1 Å². The van der Waals surface area contributed by atoms with Crippen molar-refractivity contribution in [3.05, 3.63) is 78.1 Å². The fraction of sp³-hybridized carbons (Fsp3) is 0.371. The maximum Gasteiger partial charge on any atom is 0.410 e. The molecule has 0 aliphatic carbocycles. The predicted octanol–water partition coefficient (Wildman–Crippen LogP) is 7.25. The van der Waals surface area contributed by atoms with Crippen LogP contribution in [0.5, 0.6) is 0 Å². The Morgan fingerprint density at radius 3 is 2.19 bits per heavy atom. The molecule has 2 aromatic heterocycles. The molecule has 5 rings (SSSR count). The Morgan fingerprint density at radius 2 is 1.60 bits per heavy atom. The van der Waals surface area contributed by atoms with Crippen molar-refractivity contribution in [1.29, 1.82) is 5.26 Å². The number of amides is 1. The molecule has 4 aromatic rings. The third-order valence-corrected chi connectivity index (χ3v) is 8.27. The molecule has 3 heterocycles. The summed E-state index contributed by atoms with van der Waals surface area (Å²) in [4.78, 5) is 31.1. The number of aliphatic carboxylic acids is 1. The van der Waals surface area contributed by atoms with E-state index >= 15 is 0 Å². The monoisotopic (exact) mass is 578 g/mol. The number of carboxylic acid groups (broad SMARTS) is 1. The summed E-state index contributed by atoms with van der Waals surface area (Å²) in [5, 5.41) is 20.1. The van der Waals surface area contributed by atoms with Crippen LogP contribution in [0.4, 0.5) is 4.79 Å². The van der Waals surface area contributed by atoms with Crippen LogP contribution in [0.15, 0.2) is 67.0 Å². The van der Waals surface area contributed by atoms with E-state index in [0.717, 1.165) is 52.7 Å². The number of likely N-dealkylation sites (tertiary alicyclic amines) is 1. The van der Waals surface area contributed by atoms with Crippen LogP contribution in [0, 0.1) is 17.2 Å². The van der Waals surface area contributed by atoms with Gasteiger partial charge in [0, 0.05) is 42.3 Å². The van der Waals surface area contributed by atoms with Gasteiger partial charge in [0.1, 0.15) is 5.60 Å². The van der Waals surface area contributed by atoms with Gasteiger partial charge < -0.3 is 19.3 Å². The predicted molar refractivity (Wildman–Crippen MR) is 167 cm³/mol. The molecule has 1 amide bonds. The highest BCUT2D eigenvalue weighted by Gasteiger charge is 2.30. The first kappa shape index (κ1) is 29.8. The van der Waals surface area contributed by atoms with Gasteiger partial charge in [0.05, 0.1) is 34.5 Å². The second-order valence-corrected chi connectivity index (χ2v) is 12.9. The summed E-state index contributed by atoms with van der Waals surface area (Å²) in [5.41, 5.74) is 4.39. The van der Waals surface area contributed by atoms with Gasteiger partial charge in [-0.3, -0.25) is 9.78 Å². The first-order valence-electron chi connectivity index (χ1n) is 14.7. The summed E-state index contributed by atoms with van der Waals surface area (Å²) in [6, 6.07) is 19.4. The lowest BCUT2D eigenvalue weighted by atomic mass is 9.84. The molecule has 0 atom stereocenters. The number of pyridine rings is 1. The molecule has 0 bridgehead atoms. The van der Waals surface area contributed by atoms with Crippen LogP contribution in [0.25, 0.3) is 33.3 Å². The molecule has 0 spiro atoms. The number of nitrogens with zero attached hydrogens (tertiary/aromatic N) is 4. The Morgan fingerprint density at radius 1 is 0.977 bits per heavy atom. The van der Waals surface area contributed by atoms with Crippen LogP contribution in [0.1, 0.15) is 58.6 Å². The van der Waals surface area contributed by atoms with Crippen molar-refractivity contribution in [3.8, 4) is 28.5 Å².